The highest BCUT2D eigenvalue weighted by molar-refractivity contribution is 5.53. The summed E-state index contributed by atoms with van der Waals surface area (Å²) >= 11 is 0. The number of nitrogens with one attached hydrogen (secondary N) is 2. The van der Waals surface area contributed by atoms with Crippen LogP contribution in [-0.4, -0.2) is 28.4 Å². The molecule has 0 bridgehead atoms. The number of aromatic nitrogens is 2. The second-order valence-corrected chi connectivity index (χ2v) is 6.57. The predicted molar refractivity (Wildman–Crippen MR) is 83.1 cm³/mol. The number of aryl methyl sites for hydroxylation is 2. The molecule has 0 amide bonds. The fourth-order valence-corrected chi connectivity index (χ4v) is 4.06. The molecule has 1 aromatic heterocycles. The van der Waals surface area contributed by atoms with Crippen LogP contribution >= 0.6 is 0 Å². The van der Waals surface area contributed by atoms with Gasteiger partial charge in [-0.2, -0.15) is 5.10 Å². The van der Waals surface area contributed by atoms with E-state index in [1.807, 2.05) is 11.7 Å². The third-order valence-corrected chi connectivity index (χ3v) is 5.27. The molecule has 2 aliphatic rings. The minimum Gasteiger partial charge on any atom is -0.379 e. The highest BCUT2D eigenvalue weighted by Gasteiger charge is 2.34. The summed E-state index contributed by atoms with van der Waals surface area (Å²) in [5, 5.41) is 12.1. The van der Waals surface area contributed by atoms with Crippen molar-refractivity contribution in [1.29, 1.82) is 0 Å². The number of hydrogen-bond donors (Lipinski definition) is 2. The van der Waals surface area contributed by atoms with Gasteiger partial charge in [-0.05, 0) is 52.0 Å². The van der Waals surface area contributed by atoms with E-state index in [4.69, 9.17) is 0 Å². The van der Waals surface area contributed by atoms with Gasteiger partial charge in [0.1, 0.15) is 0 Å². The van der Waals surface area contributed by atoms with Gasteiger partial charge in [0, 0.05) is 19.1 Å². The van der Waals surface area contributed by atoms with Crippen molar-refractivity contribution in [3.63, 3.8) is 0 Å². The van der Waals surface area contributed by atoms with E-state index < -0.39 is 0 Å². The smallest absolute Gasteiger partial charge is 0.0827 e. The van der Waals surface area contributed by atoms with Gasteiger partial charge in [-0.1, -0.05) is 12.8 Å². The molecule has 0 spiro atoms. The van der Waals surface area contributed by atoms with Crippen molar-refractivity contribution in [2.24, 2.45) is 13.0 Å². The topological polar surface area (TPSA) is 41.9 Å². The third kappa shape index (κ3) is 2.58. The summed E-state index contributed by atoms with van der Waals surface area (Å²) in [4.78, 5) is 0. The van der Waals surface area contributed by atoms with E-state index >= 15 is 0 Å². The second-order valence-electron chi connectivity index (χ2n) is 6.57. The van der Waals surface area contributed by atoms with Crippen LogP contribution < -0.4 is 10.6 Å². The number of hydrogen-bond acceptors (Lipinski definition) is 3. The molecular weight excluding hydrogens is 248 g/mol. The standard InChI is InChI=1S/C16H28N4/c1-11-16(12(2)20(3)19-11)18-15-9-6-7-13(15)14-8-4-5-10-17-14/h13-15,17-18H,4-10H2,1-3H3. The van der Waals surface area contributed by atoms with Gasteiger partial charge in [0.25, 0.3) is 0 Å². The van der Waals surface area contributed by atoms with Crippen molar-refractivity contribution in [2.45, 2.75) is 64.5 Å². The zero-order valence-corrected chi connectivity index (χ0v) is 13.1. The Kier molecular flexibility index (Phi) is 4.01. The van der Waals surface area contributed by atoms with Crippen LogP contribution in [0.15, 0.2) is 0 Å². The SMILES string of the molecule is Cc1nn(C)c(C)c1NC1CCCC1C1CCCCN1. The van der Waals surface area contributed by atoms with Gasteiger partial charge in [-0.3, -0.25) is 4.68 Å². The van der Waals surface area contributed by atoms with Crippen molar-refractivity contribution in [2.75, 3.05) is 11.9 Å². The van der Waals surface area contributed by atoms with E-state index in [0.717, 1.165) is 17.7 Å². The molecule has 1 aliphatic heterocycles. The molecule has 4 nitrogen and oxygen atoms in total. The van der Waals surface area contributed by atoms with Crippen LogP contribution in [0.3, 0.4) is 0 Å². The average molecular weight is 276 g/mol. The Morgan fingerprint density at radius 1 is 1.15 bits per heavy atom. The lowest BCUT2D eigenvalue weighted by Gasteiger charge is -2.33. The molecule has 2 fully saturated rings. The lowest BCUT2D eigenvalue weighted by Crippen LogP contribution is -2.44. The van der Waals surface area contributed by atoms with Crippen LogP contribution in [0.25, 0.3) is 0 Å². The van der Waals surface area contributed by atoms with E-state index in [-0.39, 0.29) is 0 Å². The van der Waals surface area contributed by atoms with Gasteiger partial charge < -0.3 is 10.6 Å². The van der Waals surface area contributed by atoms with Crippen LogP contribution in [-0.2, 0) is 7.05 Å². The molecule has 20 heavy (non-hydrogen) atoms. The molecular formula is C16H28N4. The lowest BCUT2D eigenvalue weighted by molar-refractivity contribution is 0.286. The lowest BCUT2D eigenvalue weighted by atomic mass is 9.88. The van der Waals surface area contributed by atoms with Gasteiger partial charge in [0.2, 0.25) is 0 Å². The maximum Gasteiger partial charge on any atom is 0.0827 e. The summed E-state index contributed by atoms with van der Waals surface area (Å²) in [7, 11) is 2.03. The molecule has 1 aromatic rings. The van der Waals surface area contributed by atoms with E-state index in [1.54, 1.807) is 0 Å². The maximum atomic E-state index is 4.53. The van der Waals surface area contributed by atoms with Crippen molar-refractivity contribution >= 4 is 5.69 Å². The first-order chi connectivity index (χ1) is 9.66. The molecule has 3 rings (SSSR count). The minimum absolute atomic E-state index is 0.618. The summed E-state index contributed by atoms with van der Waals surface area (Å²) in [5.41, 5.74) is 3.65. The minimum atomic E-state index is 0.618. The van der Waals surface area contributed by atoms with Gasteiger partial charge in [0.05, 0.1) is 17.1 Å². The summed E-state index contributed by atoms with van der Waals surface area (Å²) in [6.07, 6.45) is 8.13. The Morgan fingerprint density at radius 3 is 2.65 bits per heavy atom. The highest BCUT2D eigenvalue weighted by atomic mass is 15.3. The molecule has 2 N–H and O–H groups in total. The summed E-state index contributed by atoms with van der Waals surface area (Å²) in [5.74, 6) is 0.786. The van der Waals surface area contributed by atoms with Gasteiger partial charge in [0.15, 0.2) is 0 Å². The third-order valence-electron chi connectivity index (χ3n) is 5.27. The Hall–Kier alpha value is -1.03. The van der Waals surface area contributed by atoms with Crippen LogP contribution in [0.1, 0.15) is 49.9 Å². The molecule has 1 saturated heterocycles. The van der Waals surface area contributed by atoms with Crippen LogP contribution in [0, 0.1) is 19.8 Å². The molecule has 0 radical (unpaired) electrons. The van der Waals surface area contributed by atoms with Crippen molar-refractivity contribution in [3.05, 3.63) is 11.4 Å². The van der Waals surface area contributed by atoms with E-state index in [9.17, 15) is 0 Å². The van der Waals surface area contributed by atoms with Gasteiger partial charge in [-0.25, -0.2) is 0 Å². The molecule has 4 heteroatoms. The summed E-state index contributed by atoms with van der Waals surface area (Å²) in [6.45, 7) is 5.47. The van der Waals surface area contributed by atoms with E-state index in [2.05, 4.69) is 29.6 Å². The molecule has 1 aliphatic carbocycles. The normalized spacial score (nSPS) is 30.6. The van der Waals surface area contributed by atoms with Crippen molar-refractivity contribution in [1.82, 2.24) is 15.1 Å². The number of piperidine rings is 1. The summed E-state index contributed by atoms with van der Waals surface area (Å²) < 4.78 is 1.99. The zero-order chi connectivity index (χ0) is 14.1. The Labute approximate surface area is 122 Å². The van der Waals surface area contributed by atoms with Crippen molar-refractivity contribution < 1.29 is 0 Å². The van der Waals surface area contributed by atoms with Crippen LogP contribution in [0.5, 0.6) is 0 Å². The first kappa shape index (κ1) is 13.9. The van der Waals surface area contributed by atoms with Crippen LogP contribution in [0.2, 0.25) is 0 Å². The molecule has 3 atom stereocenters. The molecule has 1 saturated carbocycles. The number of rotatable bonds is 3. The first-order valence-corrected chi connectivity index (χ1v) is 8.17. The fraction of sp³-hybridized carbons (Fsp3) is 0.812. The van der Waals surface area contributed by atoms with E-state index in [1.165, 1.54) is 56.5 Å². The predicted octanol–water partition coefficient (Wildman–Crippen LogP) is 2.76. The van der Waals surface area contributed by atoms with Crippen molar-refractivity contribution in [3.8, 4) is 0 Å². The molecule has 2 heterocycles. The zero-order valence-electron chi connectivity index (χ0n) is 13.1. The fourth-order valence-electron chi connectivity index (χ4n) is 4.06. The number of anilines is 1. The second kappa shape index (κ2) is 5.76. The average Bonchev–Trinajstić information content (AvgIpc) is 3.01. The summed E-state index contributed by atoms with van der Waals surface area (Å²) in [6, 6.07) is 1.34. The quantitative estimate of drug-likeness (QED) is 0.892. The highest BCUT2D eigenvalue weighted by Crippen LogP contribution is 2.34. The Bertz CT molecular complexity index is 459. The molecule has 3 unspecified atom stereocenters. The van der Waals surface area contributed by atoms with Gasteiger partial charge >= 0.3 is 0 Å². The Morgan fingerprint density at radius 2 is 2.00 bits per heavy atom. The first-order valence-electron chi connectivity index (χ1n) is 8.17. The number of nitrogens with zero attached hydrogens (tertiary/aromatic N) is 2. The van der Waals surface area contributed by atoms with E-state index in [0.29, 0.717) is 6.04 Å². The largest absolute Gasteiger partial charge is 0.379 e. The molecule has 0 aromatic carbocycles. The van der Waals surface area contributed by atoms with Gasteiger partial charge in [-0.15, -0.1) is 0 Å². The van der Waals surface area contributed by atoms with Crippen LogP contribution in [0.4, 0.5) is 5.69 Å². The maximum absolute atomic E-state index is 4.53. The Balaban J connectivity index is 1.72. The monoisotopic (exact) mass is 276 g/mol. The molecule has 112 valence electrons.